The molecule has 8 heteroatoms. The third kappa shape index (κ3) is 5.75. The molecule has 7 nitrogen and oxygen atoms in total. The van der Waals surface area contributed by atoms with Crippen molar-refractivity contribution in [1.29, 1.82) is 0 Å². The van der Waals surface area contributed by atoms with Crippen molar-refractivity contribution >= 4 is 21.6 Å². The summed E-state index contributed by atoms with van der Waals surface area (Å²) in [5.74, 6) is 0.734. The molecular formula is C18H22N2O5S. The molecule has 140 valence electrons. The first-order chi connectivity index (χ1) is 12.3. The fraction of sp³-hybridized carbons (Fsp3) is 0.278. The lowest BCUT2D eigenvalue weighted by atomic mass is 10.1. The summed E-state index contributed by atoms with van der Waals surface area (Å²) in [5, 5.41) is 14.8. The summed E-state index contributed by atoms with van der Waals surface area (Å²) in [5.41, 5.74) is 1.40. The predicted molar refractivity (Wildman–Crippen MR) is 99.3 cm³/mol. The van der Waals surface area contributed by atoms with Crippen LogP contribution in [0.3, 0.4) is 0 Å². The van der Waals surface area contributed by atoms with Gasteiger partial charge < -0.3 is 20.5 Å². The van der Waals surface area contributed by atoms with Gasteiger partial charge in [0.1, 0.15) is 5.75 Å². The SMILES string of the molecule is COc1ccc(CC(CO)NC(=O)Nc2ccc(S(C)(=O)=O)cc2)cc1. The Morgan fingerprint density at radius 1 is 1.12 bits per heavy atom. The maximum Gasteiger partial charge on any atom is 0.319 e. The Morgan fingerprint density at radius 2 is 1.73 bits per heavy atom. The lowest BCUT2D eigenvalue weighted by Crippen LogP contribution is -2.41. The highest BCUT2D eigenvalue weighted by Crippen LogP contribution is 2.15. The van der Waals surface area contributed by atoms with Gasteiger partial charge in [0.25, 0.3) is 0 Å². The van der Waals surface area contributed by atoms with Crippen molar-refractivity contribution in [3.8, 4) is 5.75 Å². The number of aliphatic hydroxyl groups is 1. The van der Waals surface area contributed by atoms with Gasteiger partial charge in [-0.2, -0.15) is 0 Å². The minimum Gasteiger partial charge on any atom is -0.497 e. The standard InChI is InChI=1S/C18H22N2O5S/c1-25-16-7-3-13(4-8-16)11-15(12-21)20-18(22)19-14-5-9-17(10-6-14)26(2,23)24/h3-10,15,21H,11-12H2,1-2H3,(H2,19,20,22). The minimum absolute atomic E-state index is 0.177. The summed E-state index contributed by atoms with van der Waals surface area (Å²) >= 11 is 0. The van der Waals surface area contributed by atoms with E-state index in [-0.39, 0.29) is 11.5 Å². The van der Waals surface area contributed by atoms with Crippen LogP contribution in [0.15, 0.2) is 53.4 Å². The van der Waals surface area contributed by atoms with Gasteiger partial charge in [-0.15, -0.1) is 0 Å². The summed E-state index contributed by atoms with van der Waals surface area (Å²) in [7, 11) is -1.70. The van der Waals surface area contributed by atoms with Crippen molar-refractivity contribution in [3.05, 3.63) is 54.1 Å². The largest absolute Gasteiger partial charge is 0.497 e. The smallest absolute Gasteiger partial charge is 0.319 e. The summed E-state index contributed by atoms with van der Waals surface area (Å²) in [6, 6.07) is 12.3. The van der Waals surface area contributed by atoms with Crippen molar-refractivity contribution in [1.82, 2.24) is 5.32 Å². The number of methoxy groups -OCH3 is 1. The zero-order valence-electron chi connectivity index (χ0n) is 14.6. The van der Waals surface area contributed by atoms with Gasteiger partial charge in [0.2, 0.25) is 0 Å². The van der Waals surface area contributed by atoms with E-state index < -0.39 is 21.9 Å². The molecule has 0 aliphatic heterocycles. The Balaban J connectivity index is 1.93. The molecule has 0 heterocycles. The molecule has 0 saturated carbocycles. The van der Waals surface area contributed by atoms with Gasteiger partial charge in [-0.1, -0.05) is 12.1 Å². The number of urea groups is 1. The summed E-state index contributed by atoms with van der Waals surface area (Å²) in [6.07, 6.45) is 1.58. The highest BCUT2D eigenvalue weighted by Gasteiger charge is 2.13. The maximum atomic E-state index is 12.1. The highest BCUT2D eigenvalue weighted by molar-refractivity contribution is 7.90. The molecule has 0 aromatic heterocycles. The molecule has 1 atom stereocenters. The molecule has 0 aliphatic carbocycles. The van der Waals surface area contributed by atoms with Crippen molar-refractivity contribution < 1.29 is 23.1 Å². The number of aliphatic hydroxyl groups excluding tert-OH is 1. The Bertz CT molecular complexity index is 833. The Labute approximate surface area is 152 Å². The molecule has 0 radical (unpaired) electrons. The van der Waals surface area contributed by atoms with Crippen LogP contribution in [-0.4, -0.2) is 45.6 Å². The first-order valence-electron chi connectivity index (χ1n) is 7.93. The van der Waals surface area contributed by atoms with Crippen LogP contribution in [0.2, 0.25) is 0 Å². The number of amides is 2. The molecule has 2 amide bonds. The molecule has 26 heavy (non-hydrogen) atoms. The van der Waals surface area contributed by atoms with E-state index >= 15 is 0 Å². The topological polar surface area (TPSA) is 105 Å². The average molecular weight is 378 g/mol. The van der Waals surface area contributed by atoms with Crippen LogP contribution in [-0.2, 0) is 16.3 Å². The highest BCUT2D eigenvalue weighted by atomic mass is 32.2. The van der Waals surface area contributed by atoms with Crippen LogP contribution >= 0.6 is 0 Å². The van der Waals surface area contributed by atoms with Gasteiger partial charge in [0.15, 0.2) is 9.84 Å². The molecule has 0 aliphatic rings. The number of nitrogens with one attached hydrogen (secondary N) is 2. The lowest BCUT2D eigenvalue weighted by Gasteiger charge is -2.17. The zero-order valence-corrected chi connectivity index (χ0v) is 15.4. The zero-order chi connectivity index (χ0) is 19.2. The number of benzene rings is 2. The maximum absolute atomic E-state index is 12.1. The fourth-order valence-electron chi connectivity index (χ4n) is 2.35. The van der Waals surface area contributed by atoms with E-state index in [9.17, 15) is 18.3 Å². The molecule has 2 rings (SSSR count). The first-order valence-corrected chi connectivity index (χ1v) is 9.82. The number of anilines is 1. The van der Waals surface area contributed by atoms with E-state index in [2.05, 4.69) is 10.6 Å². The van der Waals surface area contributed by atoms with Gasteiger partial charge >= 0.3 is 6.03 Å². The quantitative estimate of drug-likeness (QED) is 0.682. The van der Waals surface area contributed by atoms with E-state index in [1.54, 1.807) is 7.11 Å². The van der Waals surface area contributed by atoms with Crippen LogP contribution in [0, 0.1) is 0 Å². The number of ether oxygens (including phenoxy) is 1. The van der Waals surface area contributed by atoms with E-state index in [4.69, 9.17) is 4.74 Å². The monoisotopic (exact) mass is 378 g/mol. The minimum atomic E-state index is -3.28. The van der Waals surface area contributed by atoms with Crippen LogP contribution in [0.1, 0.15) is 5.56 Å². The number of carbonyl (C=O) groups is 1. The Hall–Kier alpha value is -2.58. The van der Waals surface area contributed by atoms with Gasteiger partial charge in [0, 0.05) is 11.9 Å². The van der Waals surface area contributed by atoms with Gasteiger partial charge in [0.05, 0.1) is 24.7 Å². The molecule has 2 aromatic carbocycles. The van der Waals surface area contributed by atoms with Gasteiger partial charge in [-0.25, -0.2) is 13.2 Å². The lowest BCUT2D eigenvalue weighted by molar-refractivity contribution is 0.224. The van der Waals surface area contributed by atoms with E-state index in [1.807, 2.05) is 24.3 Å². The van der Waals surface area contributed by atoms with E-state index in [0.29, 0.717) is 12.1 Å². The number of carbonyl (C=O) groups excluding carboxylic acids is 1. The Morgan fingerprint density at radius 3 is 2.23 bits per heavy atom. The Kier molecular flexibility index (Phi) is 6.59. The van der Waals surface area contributed by atoms with Gasteiger partial charge in [-0.3, -0.25) is 0 Å². The molecule has 3 N–H and O–H groups in total. The average Bonchev–Trinajstić information content (AvgIpc) is 2.61. The van der Waals surface area contributed by atoms with Crippen LogP contribution in [0.25, 0.3) is 0 Å². The van der Waals surface area contributed by atoms with Crippen LogP contribution in [0.4, 0.5) is 10.5 Å². The number of hydrogen-bond acceptors (Lipinski definition) is 5. The molecule has 2 aromatic rings. The molecule has 0 bridgehead atoms. The predicted octanol–water partition coefficient (Wildman–Crippen LogP) is 1.82. The number of sulfone groups is 1. The second-order valence-corrected chi connectivity index (χ2v) is 7.84. The fourth-order valence-corrected chi connectivity index (χ4v) is 2.98. The molecule has 0 fully saturated rings. The van der Waals surface area contributed by atoms with E-state index in [1.165, 1.54) is 24.3 Å². The van der Waals surface area contributed by atoms with Gasteiger partial charge in [-0.05, 0) is 48.4 Å². The van der Waals surface area contributed by atoms with Crippen molar-refractivity contribution in [2.75, 3.05) is 25.3 Å². The first kappa shape index (κ1) is 19.7. The van der Waals surface area contributed by atoms with Crippen LogP contribution < -0.4 is 15.4 Å². The second-order valence-electron chi connectivity index (χ2n) is 5.83. The third-order valence-corrected chi connectivity index (χ3v) is 4.87. The molecule has 1 unspecified atom stereocenters. The second kappa shape index (κ2) is 8.68. The third-order valence-electron chi connectivity index (χ3n) is 3.74. The van der Waals surface area contributed by atoms with Crippen molar-refractivity contribution in [3.63, 3.8) is 0 Å². The van der Waals surface area contributed by atoms with E-state index in [0.717, 1.165) is 17.6 Å². The van der Waals surface area contributed by atoms with Crippen molar-refractivity contribution in [2.45, 2.75) is 17.4 Å². The number of rotatable bonds is 7. The van der Waals surface area contributed by atoms with Crippen LogP contribution in [0.5, 0.6) is 5.75 Å². The summed E-state index contributed by atoms with van der Waals surface area (Å²) < 4.78 is 28.0. The molecule has 0 saturated heterocycles. The summed E-state index contributed by atoms with van der Waals surface area (Å²) in [6.45, 7) is -0.216. The number of hydrogen-bond donors (Lipinski definition) is 3. The van der Waals surface area contributed by atoms with Crippen molar-refractivity contribution in [2.24, 2.45) is 0 Å². The summed E-state index contributed by atoms with van der Waals surface area (Å²) in [4.78, 5) is 12.3. The molecular weight excluding hydrogens is 356 g/mol. The normalized spacial score (nSPS) is 12.3. The molecule has 0 spiro atoms.